The van der Waals surface area contributed by atoms with E-state index in [0.717, 1.165) is 11.3 Å². The van der Waals surface area contributed by atoms with Gasteiger partial charge in [-0.15, -0.1) is 0 Å². The van der Waals surface area contributed by atoms with Crippen LogP contribution in [0.1, 0.15) is 18.5 Å². The zero-order valence-electron chi connectivity index (χ0n) is 11.0. The number of hydrogen-bond donors (Lipinski definition) is 2. The van der Waals surface area contributed by atoms with Gasteiger partial charge in [0.15, 0.2) is 6.61 Å². The molecule has 2 N–H and O–H groups in total. The summed E-state index contributed by atoms with van der Waals surface area (Å²) in [5.41, 5.74) is 2.59. The minimum Gasteiger partial charge on any atom is -0.482 e. The Kier molecular flexibility index (Phi) is 3.20. The van der Waals surface area contributed by atoms with E-state index in [-0.39, 0.29) is 18.6 Å². The molecule has 0 saturated heterocycles. The molecule has 6 heteroatoms. The molecular formula is C14H14N4O2. The van der Waals surface area contributed by atoms with E-state index in [1.807, 2.05) is 25.1 Å². The largest absolute Gasteiger partial charge is 0.482 e. The lowest BCUT2D eigenvalue weighted by molar-refractivity contribution is -0.118. The third-order valence-corrected chi connectivity index (χ3v) is 3.08. The fourth-order valence-corrected chi connectivity index (χ4v) is 2.08. The highest BCUT2D eigenvalue weighted by atomic mass is 16.5. The number of ether oxygens (including phenoxy) is 1. The molecule has 2 heterocycles. The minimum absolute atomic E-state index is 0.0603. The van der Waals surface area contributed by atoms with Crippen LogP contribution in [0, 0.1) is 0 Å². The van der Waals surface area contributed by atoms with Crippen molar-refractivity contribution >= 4 is 17.3 Å². The van der Waals surface area contributed by atoms with Gasteiger partial charge in [0.1, 0.15) is 12.1 Å². The SMILES string of the molecule is CC(Nc1cncnc1)c1ccc2c(c1)NC(=O)CO2. The summed E-state index contributed by atoms with van der Waals surface area (Å²) in [6.07, 6.45) is 4.92. The van der Waals surface area contributed by atoms with Crippen molar-refractivity contribution in [2.24, 2.45) is 0 Å². The van der Waals surface area contributed by atoms with Crippen molar-refractivity contribution in [3.63, 3.8) is 0 Å². The second kappa shape index (κ2) is 5.16. The highest BCUT2D eigenvalue weighted by molar-refractivity contribution is 5.95. The Morgan fingerprint density at radius 3 is 2.95 bits per heavy atom. The standard InChI is InChI=1S/C14H14N4O2/c1-9(17-11-5-15-8-16-6-11)10-2-3-13-12(4-10)18-14(19)7-20-13/h2-6,8-9,17H,7H2,1H3,(H,18,19). The van der Waals surface area contributed by atoms with Gasteiger partial charge >= 0.3 is 0 Å². The summed E-state index contributed by atoms with van der Waals surface area (Å²) < 4.78 is 5.34. The summed E-state index contributed by atoms with van der Waals surface area (Å²) in [4.78, 5) is 19.3. The van der Waals surface area contributed by atoms with Gasteiger partial charge < -0.3 is 15.4 Å². The lowest BCUT2D eigenvalue weighted by Crippen LogP contribution is -2.25. The second-order valence-electron chi connectivity index (χ2n) is 4.59. The van der Waals surface area contributed by atoms with Crippen LogP contribution < -0.4 is 15.4 Å². The van der Waals surface area contributed by atoms with Crippen LogP contribution in [0.2, 0.25) is 0 Å². The lowest BCUT2D eigenvalue weighted by Gasteiger charge is -2.21. The Morgan fingerprint density at radius 2 is 2.15 bits per heavy atom. The van der Waals surface area contributed by atoms with Gasteiger partial charge in [0.05, 0.1) is 23.8 Å². The average molecular weight is 270 g/mol. The molecule has 0 bridgehead atoms. The first-order valence-electron chi connectivity index (χ1n) is 6.30. The number of carbonyl (C=O) groups is 1. The molecule has 1 aliphatic heterocycles. The predicted octanol–water partition coefficient (Wildman–Crippen LogP) is 1.98. The number of nitrogens with one attached hydrogen (secondary N) is 2. The molecule has 102 valence electrons. The van der Waals surface area contributed by atoms with Crippen LogP contribution in [-0.2, 0) is 4.79 Å². The van der Waals surface area contributed by atoms with E-state index in [0.29, 0.717) is 11.4 Å². The van der Waals surface area contributed by atoms with Crippen LogP contribution in [0.3, 0.4) is 0 Å². The van der Waals surface area contributed by atoms with Crippen molar-refractivity contribution in [2.45, 2.75) is 13.0 Å². The maximum atomic E-state index is 11.3. The van der Waals surface area contributed by atoms with E-state index in [1.165, 1.54) is 6.33 Å². The molecule has 1 aliphatic rings. The Hall–Kier alpha value is -2.63. The van der Waals surface area contributed by atoms with Crippen molar-refractivity contribution < 1.29 is 9.53 Å². The van der Waals surface area contributed by atoms with Gasteiger partial charge in [0.2, 0.25) is 0 Å². The Balaban J connectivity index is 1.80. The van der Waals surface area contributed by atoms with Gasteiger partial charge in [0.25, 0.3) is 5.91 Å². The summed E-state index contributed by atoms with van der Waals surface area (Å²) in [6.45, 7) is 2.10. The van der Waals surface area contributed by atoms with Crippen LogP contribution in [0.4, 0.5) is 11.4 Å². The first-order chi connectivity index (χ1) is 9.72. The molecule has 0 fully saturated rings. The van der Waals surface area contributed by atoms with Crippen molar-refractivity contribution in [3.05, 3.63) is 42.5 Å². The van der Waals surface area contributed by atoms with Crippen LogP contribution in [0.5, 0.6) is 5.75 Å². The fourth-order valence-electron chi connectivity index (χ4n) is 2.08. The quantitative estimate of drug-likeness (QED) is 0.892. The number of hydrogen-bond acceptors (Lipinski definition) is 5. The molecule has 20 heavy (non-hydrogen) atoms. The first kappa shape index (κ1) is 12.4. The van der Waals surface area contributed by atoms with E-state index in [1.54, 1.807) is 12.4 Å². The molecule has 0 radical (unpaired) electrons. The molecule has 0 saturated carbocycles. The lowest BCUT2D eigenvalue weighted by atomic mass is 10.1. The van der Waals surface area contributed by atoms with Crippen LogP contribution in [0.25, 0.3) is 0 Å². The summed E-state index contributed by atoms with van der Waals surface area (Å²) >= 11 is 0. The maximum Gasteiger partial charge on any atom is 0.262 e. The monoisotopic (exact) mass is 270 g/mol. The Bertz CT molecular complexity index is 630. The van der Waals surface area contributed by atoms with Gasteiger partial charge in [-0.05, 0) is 24.6 Å². The normalized spacial score (nSPS) is 14.8. The van der Waals surface area contributed by atoms with Crippen LogP contribution in [-0.4, -0.2) is 22.5 Å². The van der Waals surface area contributed by atoms with E-state index in [9.17, 15) is 4.79 Å². The predicted molar refractivity (Wildman–Crippen MR) is 74.6 cm³/mol. The number of carbonyl (C=O) groups excluding carboxylic acids is 1. The maximum absolute atomic E-state index is 11.3. The number of amides is 1. The molecule has 2 aromatic rings. The third-order valence-electron chi connectivity index (χ3n) is 3.08. The number of benzene rings is 1. The van der Waals surface area contributed by atoms with E-state index in [2.05, 4.69) is 20.6 Å². The third kappa shape index (κ3) is 2.54. The average Bonchev–Trinajstić information content (AvgIpc) is 2.47. The van der Waals surface area contributed by atoms with Crippen molar-refractivity contribution in [1.29, 1.82) is 0 Å². The van der Waals surface area contributed by atoms with Crippen molar-refractivity contribution in [3.8, 4) is 5.75 Å². The van der Waals surface area contributed by atoms with Crippen LogP contribution >= 0.6 is 0 Å². The molecule has 1 amide bonds. The number of anilines is 2. The van der Waals surface area contributed by atoms with Gasteiger partial charge in [-0.25, -0.2) is 9.97 Å². The second-order valence-corrected chi connectivity index (χ2v) is 4.59. The zero-order valence-corrected chi connectivity index (χ0v) is 11.0. The molecule has 1 aromatic carbocycles. The summed E-state index contributed by atoms with van der Waals surface area (Å²) in [6, 6.07) is 5.81. The minimum atomic E-state index is -0.133. The Morgan fingerprint density at radius 1 is 1.35 bits per heavy atom. The molecule has 1 atom stereocenters. The number of fused-ring (bicyclic) bond motifs is 1. The molecule has 3 rings (SSSR count). The number of nitrogens with zero attached hydrogens (tertiary/aromatic N) is 2. The molecular weight excluding hydrogens is 256 g/mol. The molecule has 0 aliphatic carbocycles. The van der Waals surface area contributed by atoms with Crippen molar-refractivity contribution in [1.82, 2.24) is 9.97 Å². The topological polar surface area (TPSA) is 76.1 Å². The number of rotatable bonds is 3. The Labute approximate surface area is 116 Å². The van der Waals surface area contributed by atoms with E-state index >= 15 is 0 Å². The van der Waals surface area contributed by atoms with Gasteiger partial charge in [-0.1, -0.05) is 6.07 Å². The summed E-state index contributed by atoms with van der Waals surface area (Å²) in [5, 5.41) is 6.10. The molecule has 6 nitrogen and oxygen atoms in total. The molecule has 0 spiro atoms. The highest BCUT2D eigenvalue weighted by Gasteiger charge is 2.17. The van der Waals surface area contributed by atoms with Gasteiger partial charge in [-0.2, -0.15) is 0 Å². The number of aromatic nitrogens is 2. The summed E-state index contributed by atoms with van der Waals surface area (Å²) in [7, 11) is 0. The highest BCUT2D eigenvalue weighted by Crippen LogP contribution is 2.31. The van der Waals surface area contributed by atoms with E-state index < -0.39 is 0 Å². The van der Waals surface area contributed by atoms with E-state index in [4.69, 9.17) is 4.74 Å². The van der Waals surface area contributed by atoms with Crippen LogP contribution in [0.15, 0.2) is 36.9 Å². The smallest absolute Gasteiger partial charge is 0.262 e. The van der Waals surface area contributed by atoms with Gasteiger partial charge in [0, 0.05) is 6.04 Å². The molecule has 1 aromatic heterocycles. The van der Waals surface area contributed by atoms with Gasteiger partial charge in [-0.3, -0.25) is 4.79 Å². The fraction of sp³-hybridized carbons (Fsp3) is 0.214. The summed E-state index contributed by atoms with van der Waals surface area (Å²) in [5.74, 6) is 0.565. The zero-order chi connectivity index (χ0) is 13.9. The molecule has 1 unspecified atom stereocenters. The van der Waals surface area contributed by atoms with Crippen molar-refractivity contribution in [2.75, 3.05) is 17.2 Å². The first-order valence-corrected chi connectivity index (χ1v) is 6.30.